The third kappa shape index (κ3) is 3.86. The maximum absolute atomic E-state index is 12.2. The Balaban J connectivity index is 1.64. The Morgan fingerprint density at radius 3 is 2.54 bits per heavy atom. The van der Waals surface area contributed by atoms with Crippen molar-refractivity contribution in [1.29, 1.82) is 0 Å². The van der Waals surface area contributed by atoms with E-state index in [4.69, 9.17) is 0 Å². The quantitative estimate of drug-likeness (QED) is 0.426. The van der Waals surface area contributed by atoms with Crippen LogP contribution in [0.5, 0.6) is 0 Å². The fourth-order valence-corrected chi connectivity index (χ4v) is 4.32. The van der Waals surface area contributed by atoms with E-state index in [-0.39, 0.29) is 0 Å². The first kappa shape index (κ1) is 18.5. The predicted molar refractivity (Wildman–Crippen MR) is 114 cm³/mol. The maximum Gasteiger partial charge on any atom is 0.352 e. The van der Waals surface area contributed by atoms with Crippen molar-refractivity contribution in [3.05, 3.63) is 93.8 Å². The molecule has 142 valence electrons. The minimum Gasteiger partial charge on any atom is -0.477 e. The molecule has 0 aliphatic rings. The Morgan fingerprint density at radius 1 is 1.00 bits per heavy atom. The highest BCUT2D eigenvalue weighted by Crippen LogP contribution is 2.27. The van der Waals surface area contributed by atoms with Gasteiger partial charge in [0.15, 0.2) is 0 Å². The van der Waals surface area contributed by atoms with Gasteiger partial charge in [-0.2, -0.15) is 0 Å². The standard InChI is InChI=1S/C23H22N2O2S/c26-23(27)22-20(15-24-13-12-18-9-6-14-28-18)19-10-4-5-11-21(19)25(22)16-17-7-2-1-3-8-17/h1-11,14,24H,12-13,15-16H2,(H,26,27). The normalized spacial score (nSPS) is 11.1. The Labute approximate surface area is 168 Å². The van der Waals surface area contributed by atoms with Gasteiger partial charge in [-0.15, -0.1) is 11.3 Å². The van der Waals surface area contributed by atoms with E-state index in [1.54, 1.807) is 11.3 Å². The van der Waals surface area contributed by atoms with Crippen LogP contribution in [0.2, 0.25) is 0 Å². The zero-order chi connectivity index (χ0) is 19.3. The number of nitrogens with zero attached hydrogens (tertiary/aromatic N) is 1. The molecule has 0 spiro atoms. The highest BCUT2D eigenvalue weighted by molar-refractivity contribution is 7.09. The SMILES string of the molecule is O=C(O)c1c(CNCCc2cccs2)c2ccccc2n1Cc1ccccc1. The number of carboxylic acid groups (broad SMARTS) is 1. The largest absolute Gasteiger partial charge is 0.477 e. The van der Waals surface area contributed by atoms with Gasteiger partial charge < -0.3 is 15.0 Å². The van der Waals surface area contributed by atoms with Crippen molar-refractivity contribution >= 4 is 28.2 Å². The number of benzene rings is 2. The first-order valence-corrected chi connectivity index (χ1v) is 10.2. The van der Waals surface area contributed by atoms with Gasteiger partial charge >= 0.3 is 5.97 Å². The van der Waals surface area contributed by atoms with Crippen molar-refractivity contribution in [2.45, 2.75) is 19.5 Å². The summed E-state index contributed by atoms with van der Waals surface area (Å²) in [6.45, 7) is 1.89. The van der Waals surface area contributed by atoms with Crippen LogP contribution >= 0.6 is 11.3 Å². The molecule has 5 heteroatoms. The van der Waals surface area contributed by atoms with E-state index in [0.717, 1.165) is 35.0 Å². The maximum atomic E-state index is 12.2. The number of carboxylic acids is 1. The topological polar surface area (TPSA) is 54.3 Å². The number of hydrogen-bond donors (Lipinski definition) is 2. The Hall–Kier alpha value is -2.89. The number of hydrogen-bond acceptors (Lipinski definition) is 3. The van der Waals surface area contributed by atoms with Crippen LogP contribution in [0.1, 0.15) is 26.5 Å². The highest BCUT2D eigenvalue weighted by atomic mass is 32.1. The van der Waals surface area contributed by atoms with Crippen molar-refractivity contribution in [3.8, 4) is 0 Å². The Kier molecular flexibility index (Phi) is 5.55. The highest BCUT2D eigenvalue weighted by Gasteiger charge is 2.22. The van der Waals surface area contributed by atoms with Crippen LogP contribution < -0.4 is 5.32 Å². The molecule has 0 atom stereocenters. The van der Waals surface area contributed by atoms with Crippen LogP contribution in [0.4, 0.5) is 0 Å². The molecule has 0 radical (unpaired) electrons. The fraction of sp³-hybridized carbons (Fsp3) is 0.174. The second-order valence-electron chi connectivity index (χ2n) is 6.73. The minimum absolute atomic E-state index is 0.369. The van der Waals surface area contributed by atoms with Crippen LogP contribution in [-0.4, -0.2) is 22.2 Å². The average molecular weight is 391 g/mol. The molecule has 0 aliphatic heterocycles. The number of aromatic nitrogens is 1. The molecule has 2 N–H and O–H groups in total. The summed E-state index contributed by atoms with van der Waals surface area (Å²) < 4.78 is 1.92. The van der Waals surface area contributed by atoms with Crippen molar-refractivity contribution in [2.24, 2.45) is 0 Å². The summed E-state index contributed by atoms with van der Waals surface area (Å²) in [4.78, 5) is 13.5. The van der Waals surface area contributed by atoms with E-state index in [1.165, 1.54) is 4.88 Å². The summed E-state index contributed by atoms with van der Waals surface area (Å²) in [7, 11) is 0. The van der Waals surface area contributed by atoms with Crippen LogP contribution in [0.25, 0.3) is 10.9 Å². The lowest BCUT2D eigenvalue weighted by atomic mass is 10.1. The summed E-state index contributed by atoms with van der Waals surface area (Å²) in [6.07, 6.45) is 0.947. The van der Waals surface area contributed by atoms with Gasteiger partial charge in [0.25, 0.3) is 0 Å². The molecule has 0 bridgehead atoms. The molecule has 4 aromatic rings. The van der Waals surface area contributed by atoms with Gasteiger partial charge in [-0.1, -0.05) is 54.6 Å². The van der Waals surface area contributed by atoms with E-state index in [0.29, 0.717) is 18.8 Å². The van der Waals surface area contributed by atoms with Gasteiger partial charge in [-0.3, -0.25) is 0 Å². The first-order valence-electron chi connectivity index (χ1n) is 9.34. The molecule has 0 saturated carbocycles. The Morgan fingerprint density at radius 2 is 1.79 bits per heavy atom. The number of nitrogens with one attached hydrogen (secondary N) is 1. The summed E-state index contributed by atoms with van der Waals surface area (Å²) in [5.74, 6) is -0.887. The molecule has 2 aromatic carbocycles. The molecule has 0 unspecified atom stereocenters. The lowest BCUT2D eigenvalue weighted by molar-refractivity contribution is 0.0685. The van der Waals surface area contributed by atoms with Crippen LogP contribution in [0.15, 0.2) is 72.1 Å². The Bertz CT molecular complexity index is 1070. The van der Waals surface area contributed by atoms with Crippen molar-refractivity contribution in [2.75, 3.05) is 6.54 Å². The number of thiophene rings is 1. The third-order valence-corrected chi connectivity index (χ3v) is 5.83. The van der Waals surface area contributed by atoms with E-state index in [1.807, 2.05) is 59.2 Å². The minimum atomic E-state index is -0.887. The fourth-order valence-electron chi connectivity index (χ4n) is 3.61. The van der Waals surface area contributed by atoms with E-state index in [2.05, 4.69) is 22.8 Å². The number of rotatable bonds is 8. The lowest BCUT2D eigenvalue weighted by Crippen LogP contribution is -2.19. The van der Waals surface area contributed by atoms with Crippen molar-refractivity contribution < 1.29 is 9.90 Å². The van der Waals surface area contributed by atoms with Crippen LogP contribution in [0.3, 0.4) is 0 Å². The first-order chi connectivity index (χ1) is 13.7. The summed E-state index contributed by atoms with van der Waals surface area (Å²) in [5.41, 5.74) is 3.26. The predicted octanol–water partition coefficient (Wildman–Crippen LogP) is 4.78. The molecule has 0 aliphatic carbocycles. The second-order valence-corrected chi connectivity index (χ2v) is 7.76. The summed E-state index contributed by atoms with van der Waals surface area (Å²) in [5, 5.41) is 16.5. The van der Waals surface area contributed by atoms with Gasteiger partial charge in [0.2, 0.25) is 0 Å². The molecule has 4 rings (SSSR count). The van der Waals surface area contributed by atoms with E-state index < -0.39 is 5.97 Å². The molecule has 2 heterocycles. The lowest BCUT2D eigenvalue weighted by Gasteiger charge is -2.10. The summed E-state index contributed by atoms with van der Waals surface area (Å²) in [6, 6.07) is 22.1. The summed E-state index contributed by atoms with van der Waals surface area (Å²) >= 11 is 1.75. The van der Waals surface area contributed by atoms with Gasteiger partial charge in [0.1, 0.15) is 5.69 Å². The van der Waals surface area contributed by atoms with Crippen molar-refractivity contribution in [1.82, 2.24) is 9.88 Å². The molecule has 2 aromatic heterocycles. The van der Waals surface area contributed by atoms with Gasteiger partial charge in [0, 0.05) is 41.0 Å². The average Bonchev–Trinajstić information content (AvgIpc) is 3.33. The zero-order valence-electron chi connectivity index (χ0n) is 15.5. The van der Waals surface area contributed by atoms with E-state index >= 15 is 0 Å². The molecule has 0 fully saturated rings. The number of carbonyl (C=O) groups is 1. The number of fused-ring (bicyclic) bond motifs is 1. The molecule has 0 saturated heterocycles. The van der Waals surface area contributed by atoms with E-state index in [9.17, 15) is 9.90 Å². The molecular weight excluding hydrogens is 368 g/mol. The molecular formula is C23H22N2O2S. The van der Waals surface area contributed by atoms with Crippen LogP contribution in [0, 0.1) is 0 Å². The number of aromatic carboxylic acids is 1. The van der Waals surface area contributed by atoms with Gasteiger partial charge in [-0.25, -0.2) is 4.79 Å². The third-order valence-electron chi connectivity index (χ3n) is 4.89. The van der Waals surface area contributed by atoms with Gasteiger partial charge in [-0.05, 0) is 29.5 Å². The molecule has 28 heavy (non-hydrogen) atoms. The van der Waals surface area contributed by atoms with Gasteiger partial charge in [0.05, 0.1) is 0 Å². The zero-order valence-corrected chi connectivity index (χ0v) is 16.3. The monoisotopic (exact) mass is 390 g/mol. The molecule has 4 nitrogen and oxygen atoms in total. The number of para-hydroxylation sites is 1. The smallest absolute Gasteiger partial charge is 0.352 e. The molecule has 0 amide bonds. The second kappa shape index (κ2) is 8.42. The van der Waals surface area contributed by atoms with Crippen molar-refractivity contribution in [3.63, 3.8) is 0 Å². The van der Waals surface area contributed by atoms with Crippen LogP contribution in [-0.2, 0) is 19.5 Å².